The molecule has 0 saturated heterocycles. The second-order valence-electron chi connectivity index (χ2n) is 2.61. The molecule has 13 heavy (non-hydrogen) atoms. The second kappa shape index (κ2) is 3.85. The lowest BCUT2D eigenvalue weighted by Gasteiger charge is -2.02. The van der Waals surface area contributed by atoms with E-state index < -0.39 is 15.8 Å². The SMILES string of the molecule is CS(=O)(=O)NCc1c[c]ccc1F. The van der Waals surface area contributed by atoms with Crippen molar-refractivity contribution in [2.45, 2.75) is 6.54 Å². The Morgan fingerprint density at radius 2 is 2.31 bits per heavy atom. The molecule has 0 spiro atoms. The Morgan fingerprint density at radius 1 is 1.62 bits per heavy atom. The monoisotopic (exact) mass is 202 g/mol. The van der Waals surface area contributed by atoms with E-state index in [0.717, 1.165) is 6.26 Å². The van der Waals surface area contributed by atoms with Crippen molar-refractivity contribution < 1.29 is 12.8 Å². The van der Waals surface area contributed by atoms with Gasteiger partial charge in [-0.1, -0.05) is 6.07 Å². The first kappa shape index (κ1) is 10.1. The molecule has 0 bridgehead atoms. The van der Waals surface area contributed by atoms with Crippen molar-refractivity contribution in [2.24, 2.45) is 0 Å². The van der Waals surface area contributed by atoms with Crippen LogP contribution in [0.25, 0.3) is 0 Å². The van der Waals surface area contributed by atoms with Crippen molar-refractivity contribution in [3.05, 3.63) is 35.6 Å². The van der Waals surface area contributed by atoms with E-state index in [2.05, 4.69) is 10.8 Å². The Labute approximate surface area is 76.6 Å². The number of benzene rings is 1. The van der Waals surface area contributed by atoms with Crippen LogP contribution in [-0.4, -0.2) is 14.7 Å². The third kappa shape index (κ3) is 3.52. The van der Waals surface area contributed by atoms with Gasteiger partial charge < -0.3 is 0 Å². The Kier molecular flexibility index (Phi) is 3.00. The number of hydrogen-bond donors (Lipinski definition) is 1. The van der Waals surface area contributed by atoms with Crippen molar-refractivity contribution in [3.8, 4) is 0 Å². The second-order valence-corrected chi connectivity index (χ2v) is 4.44. The molecule has 1 aromatic rings. The maximum atomic E-state index is 12.9. The van der Waals surface area contributed by atoms with Crippen LogP contribution < -0.4 is 4.72 Å². The number of rotatable bonds is 3. The average molecular weight is 202 g/mol. The molecule has 0 aromatic heterocycles. The Bertz CT molecular complexity index is 389. The lowest BCUT2D eigenvalue weighted by atomic mass is 10.2. The third-order valence-corrected chi connectivity index (χ3v) is 2.08. The van der Waals surface area contributed by atoms with Crippen LogP contribution >= 0.6 is 0 Å². The summed E-state index contributed by atoms with van der Waals surface area (Å²) in [6.07, 6.45) is 1.03. The van der Waals surface area contributed by atoms with Gasteiger partial charge in [0.2, 0.25) is 10.0 Å². The lowest BCUT2D eigenvalue weighted by molar-refractivity contribution is 0.579. The molecule has 1 rings (SSSR count). The van der Waals surface area contributed by atoms with Crippen molar-refractivity contribution in [1.82, 2.24) is 4.72 Å². The summed E-state index contributed by atoms with van der Waals surface area (Å²) in [5, 5.41) is 0. The van der Waals surface area contributed by atoms with E-state index >= 15 is 0 Å². The minimum absolute atomic E-state index is 0.0397. The van der Waals surface area contributed by atoms with Crippen LogP contribution in [-0.2, 0) is 16.6 Å². The smallest absolute Gasteiger partial charge is 0.209 e. The van der Waals surface area contributed by atoms with Crippen LogP contribution in [0.1, 0.15) is 5.56 Å². The summed E-state index contributed by atoms with van der Waals surface area (Å²) < 4.78 is 36.4. The van der Waals surface area contributed by atoms with Gasteiger partial charge >= 0.3 is 0 Å². The summed E-state index contributed by atoms with van der Waals surface area (Å²) in [5.41, 5.74) is 0.285. The van der Waals surface area contributed by atoms with Crippen LogP contribution in [0.5, 0.6) is 0 Å². The van der Waals surface area contributed by atoms with E-state index in [0.29, 0.717) is 0 Å². The number of halogens is 1. The van der Waals surface area contributed by atoms with Gasteiger partial charge in [0, 0.05) is 12.1 Å². The average Bonchev–Trinajstić information content (AvgIpc) is 2.01. The fourth-order valence-corrected chi connectivity index (χ4v) is 1.21. The van der Waals surface area contributed by atoms with Crippen LogP contribution in [0.3, 0.4) is 0 Å². The van der Waals surface area contributed by atoms with Crippen molar-refractivity contribution in [1.29, 1.82) is 0 Å². The molecule has 0 saturated carbocycles. The highest BCUT2D eigenvalue weighted by molar-refractivity contribution is 7.88. The minimum atomic E-state index is -3.27. The minimum Gasteiger partial charge on any atom is -0.213 e. The first-order chi connectivity index (χ1) is 5.99. The first-order valence-electron chi connectivity index (χ1n) is 3.58. The molecule has 5 heteroatoms. The van der Waals surface area contributed by atoms with Gasteiger partial charge in [-0.15, -0.1) is 0 Å². The fraction of sp³-hybridized carbons (Fsp3) is 0.250. The molecule has 0 unspecified atom stereocenters. The molecule has 0 aliphatic carbocycles. The zero-order chi connectivity index (χ0) is 9.90. The standard InChI is InChI=1S/C8H9FNO2S/c1-13(11,12)10-6-7-4-2-3-5-8(7)9/h3-5,10H,6H2,1H3. The van der Waals surface area contributed by atoms with E-state index in [1.54, 1.807) is 0 Å². The predicted molar refractivity (Wildman–Crippen MR) is 46.9 cm³/mol. The summed E-state index contributed by atoms with van der Waals surface area (Å²) in [7, 11) is -3.27. The van der Waals surface area contributed by atoms with Crippen molar-refractivity contribution in [2.75, 3.05) is 6.26 Å². The third-order valence-electron chi connectivity index (χ3n) is 1.42. The van der Waals surface area contributed by atoms with Gasteiger partial charge in [0.05, 0.1) is 6.26 Å². The zero-order valence-corrected chi connectivity index (χ0v) is 7.86. The van der Waals surface area contributed by atoms with Crippen LogP contribution in [0.2, 0.25) is 0 Å². The van der Waals surface area contributed by atoms with Gasteiger partial charge in [-0.3, -0.25) is 0 Å². The largest absolute Gasteiger partial charge is 0.213 e. The molecule has 0 fully saturated rings. The molecule has 0 atom stereocenters. The number of hydrogen-bond acceptors (Lipinski definition) is 2. The van der Waals surface area contributed by atoms with Gasteiger partial charge in [0.25, 0.3) is 0 Å². The quantitative estimate of drug-likeness (QED) is 0.783. The molecule has 1 N–H and O–H groups in total. The highest BCUT2D eigenvalue weighted by atomic mass is 32.2. The van der Waals surface area contributed by atoms with Crippen LogP contribution in [0.4, 0.5) is 4.39 Å². The number of nitrogens with one attached hydrogen (secondary N) is 1. The molecule has 0 aliphatic heterocycles. The van der Waals surface area contributed by atoms with Gasteiger partial charge in [0.1, 0.15) is 5.82 Å². The summed E-state index contributed by atoms with van der Waals surface area (Å²) in [6, 6.07) is 6.74. The van der Waals surface area contributed by atoms with Gasteiger partial charge in [-0.2, -0.15) is 0 Å². The molecule has 1 aromatic carbocycles. The first-order valence-corrected chi connectivity index (χ1v) is 5.47. The van der Waals surface area contributed by atoms with Gasteiger partial charge in [0.15, 0.2) is 0 Å². The van der Waals surface area contributed by atoms with E-state index in [9.17, 15) is 12.8 Å². The summed E-state index contributed by atoms with van der Waals surface area (Å²) >= 11 is 0. The molecule has 0 amide bonds. The maximum Gasteiger partial charge on any atom is 0.209 e. The lowest BCUT2D eigenvalue weighted by Crippen LogP contribution is -2.21. The Hall–Kier alpha value is -0.940. The summed E-state index contributed by atoms with van der Waals surface area (Å²) in [5.74, 6) is -0.435. The van der Waals surface area contributed by atoms with E-state index in [1.807, 2.05) is 0 Å². The van der Waals surface area contributed by atoms with Gasteiger partial charge in [-0.25, -0.2) is 17.5 Å². The van der Waals surface area contributed by atoms with Crippen LogP contribution in [0, 0.1) is 11.9 Å². The molecule has 71 valence electrons. The highest BCUT2D eigenvalue weighted by Gasteiger charge is 2.04. The molecule has 0 heterocycles. The highest BCUT2D eigenvalue weighted by Crippen LogP contribution is 2.05. The molecule has 1 radical (unpaired) electrons. The molecular weight excluding hydrogens is 193 g/mol. The van der Waals surface area contributed by atoms with E-state index in [-0.39, 0.29) is 12.1 Å². The Balaban J connectivity index is 2.71. The van der Waals surface area contributed by atoms with E-state index in [4.69, 9.17) is 0 Å². The molecule has 3 nitrogen and oxygen atoms in total. The fourth-order valence-electron chi connectivity index (χ4n) is 0.790. The van der Waals surface area contributed by atoms with E-state index in [1.165, 1.54) is 18.2 Å². The zero-order valence-electron chi connectivity index (χ0n) is 7.04. The molecular formula is C8H9FNO2S. The normalized spacial score (nSPS) is 11.5. The molecule has 0 aliphatic rings. The topological polar surface area (TPSA) is 46.2 Å². The Morgan fingerprint density at radius 3 is 2.85 bits per heavy atom. The summed E-state index contributed by atoms with van der Waals surface area (Å²) in [6.45, 7) is -0.0397. The van der Waals surface area contributed by atoms with Crippen molar-refractivity contribution >= 4 is 10.0 Å². The van der Waals surface area contributed by atoms with Gasteiger partial charge in [-0.05, 0) is 18.2 Å². The summed E-state index contributed by atoms with van der Waals surface area (Å²) in [4.78, 5) is 0. The van der Waals surface area contributed by atoms with Crippen LogP contribution in [0.15, 0.2) is 18.2 Å². The predicted octanol–water partition coefficient (Wildman–Crippen LogP) is 0.675. The number of sulfonamides is 1. The van der Waals surface area contributed by atoms with Crippen molar-refractivity contribution in [3.63, 3.8) is 0 Å². The maximum absolute atomic E-state index is 12.9.